The van der Waals surface area contributed by atoms with Gasteiger partial charge in [-0.15, -0.1) is 0 Å². The van der Waals surface area contributed by atoms with Crippen LogP contribution in [0.3, 0.4) is 0 Å². The van der Waals surface area contributed by atoms with Gasteiger partial charge in [0.1, 0.15) is 0 Å². The monoisotopic (exact) mass is 200 g/mol. The highest BCUT2D eigenvalue weighted by Crippen LogP contribution is 2.28. The third kappa shape index (κ3) is 1.99. The van der Waals surface area contributed by atoms with Crippen LogP contribution in [0.4, 0.5) is 0 Å². The molecule has 0 amide bonds. The Morgan fingerprint density at radius 2 is 1.87 bits per heavy atom. The number of nitrogens with zero attached hydrogens (tertiary/aromatic N) is 2. The third-order valence-electron chi connectivity index (χ3n) is 2.84. The number of aliphatic imine (C=N–C) groups is 1. The van der Waals surface area contributed by atoms with E-state index >= 15 is 0 Å². The fraction of sp³-hybridized carbons (Fsp3) is 0.385. The Labute approximate surface area is 90.8 Å². The molecule has 1 aliphatic rings. The first-order valence-electron chi connectivity index (χ1n) is 5.36. The first-order chi connectivity index (χ1) is 7.18. The van der Waals surface area contributed by atoms with Gasteiger partial charge in [-0.2, -0.15) is 0 Å². The van der Waals surface area contributed by atoms with Gasteiger partial charge in [0.05, 0.1) is 5.71 Å². The zero-order valence-corrected chi connectivity index (χ0v) is 9.49. The minimum atomic E-state index is 0.591. The van der Waals surface area contributed by atoms with Crippen LogP contribution in [0.2, 0.25) is 0 Å². The van der Waals surface area contributed by atoms with E-state index in [4.69, 9.17) is 0 Å². The molecule has 0 unspecified atom stereocenters. The topological polar surface area (TPSA) is 25.2 Å². The molecule has 1 aromatic rings. The van der Waals surface area contributed by atoms with E-state index in [9.17, 15) is 0 Å². The van der Waals surface area contributed by atoms with Crippen LogP contribution < -0.4 is 0 Å². The van der Waals surface area contributed by atoms with Gasteiger partial charge in [0.2, 0.25) is 0 Å². The molecule has 15 heavy (non-hydrogen) atoms. The van der Waals surface area contributed by atoms with Crippen molar-refractivity contribution in [3.8, 4) is 0 Å². The molecule has 0 fully saturated rings. The highest BCUT2D eigenvalue weighted by Gasteiger charge is 2.18. The lowest BCUT2D eigenvalue weighted by atomic mass is 9.96. The molecule has 0 saturated carbocycles. The maximum atomic E-state index is 4.63. The van der Waals surface area contributed by atoms with E-state index in [1.165, 1.54) is 22.5 Å². The standard InChI is InChI=1S/C13H16N2/c1-9(2)12-8-13(15-10(12)3)11-4-6-14-7-5-11/h4-7,9H,8H2,1-3H3. The zero-order chi connectivity index (χ0) is 10.8. The summed E-state index contributed by atoms with van der Waals surface area (Å²) >= 11 is 0. The first-order valence-corrected chi connectivity index (χ1v) is 5.36. The fourth-order valence-electron chi connectivity index (χ4n) is 1.95. The second-order valence-electron chi connectivity index (χ2n) is 4.24. The average Bonchev–Trinajstić information content (AvgIpc) is 2.62. The molecule has 0 spiro atoms. The van der Waals surface area contributed by atoms with Crippen molar-refractivity contribution >= 4 is 5.71 Å². The largest absolute Gasteiger partial charge is 0.265 e. The molecule has 1 aliphatic heterocycles. The number of aromatic nitrogens is 1. The Balaban J connectivity index is 2.23. The number of allylic oxidation sites excluding steroid dienone is 2. The van der Waals surface area contributed by atoms with Crippen LogP contribution in [-0.2, 0) is 0 Å². The molecule has 0 saturated heterocycles. The summed E-state index contributed by atoms with van der Waals surface area (Å²) in [7, 11) is 0. The summed E-state index contributed by atoms with van der Waals surface area (Å²) in [6.45, 7) is 6.55. The second-order valence-corrected chi connectivity index (χ2v) is 4.24. The molecule has 0 atom stereocenters. The average molecular weight is 200 g/mol. The van der Waals surface area contributed by atoms with Crippen molar-refractivity contribution in [2.45, 2.75) is 27.2 Å². The molecule has 0 N–H and O–H groups in total. The van der Waals surface area contributed by atoms with Crippen molar-refractivity contribution in [1.82, 2.24) is 4.98 Å². The Bertz CT molecular complexity index is 413. The van der Waals surface area contributed by atoms with Crippen molar-refractivity contribution in [2.24, 2.45) is 10.9 Å². The van der Waals surface area contributed by atoms with E-state index in [0.29, 0.717) is 5.92 Å². The van der Waals surface area contributed by atoms with E-state index in [1.54, 1.807) is 0 Å². The highest BCUT2D eigenvalue weighted by atomic mass is 14.8. The maximum Gasteiger partial charge on any atom is 0.0521 e. The van der Waals surface area contributed by atoms with Crippen LogP contribution >= 0.6 is 0 Å². The molecule has 0 aromatic carbocycles. The molecular formula is C13H16N2. The van der Waals surface area contributed by atoms with Gasteiger partial charge in [0.25, 0.3) is 0 Å². The van der Waals surface area contributed by atoms with Gasteiger partial charge in [0, 0.05) is 24.5 Å². The van der Waals surface area contributed by atoms with Crippen LogP contribution in [0.25, 0.3) is 0 Å². The van der Waals surface area contributed by atoms with Gasteiger partial charge in [-0.25, -0.2) is 0 Å². The summed E-state index contributed by atoms with van der Waals surface area (Å²) in [5.74, 6) is 0.591. The van der Waals surface area contributed by atoms with Crippen molar-refractivity contribution in [1.29, 1.82) is 0 Å². The summed E-state index contributed by atoms with van der Waals surface area (Å²) in [5.41, 5.74) is 5.03. The van der Waals surface area contributed by atoms with Crippen LogP contribution in [0.1, 0.15) is 32.8 Å². The molecule has 2 heteroatoms. The van der Waals surface area contributed by atoms with Gasteiger partial charge in [-0.05, 0) is 36.1 Å². The molecule has 78 valence electrons. The van der Waals surface area contributed by atoms with Crippen molar-refractivity contribution in [3.05, 3.63) is 41.4 Å². The molecule has 2 heterocycles. The van der Waals surface area contributed by atoms with Crippen LogP contribution in [0, 0.1) is 5.92 Å². The van der Waals surface area contributed by atoms with Gasteiger partial charge in [0.15, 0.2) is 0 Å². The Morgan fingerprint density at radius 1 is 1.20 bits per heavy atom. The number of hydrogen-bond donors (Lipinski definition) is 0. The molecule has 1 aromatic heterocycles. The number of pyridine rings is 1. The van der Waals surface area contributed by atoms with Crippen molar-refractivity contribution in [2.75, 3.05) is 0 Å². The molecule has 2 nitrogen and oxygen atoms in total. The van der Waals surface area contributed by atoms with Crippen LogP contribution in [0.15, 0.2) is 40.8 Å². The molecule has 0 radical (unpaired) electrons. The molecular weight excluding hydrogens is 184 g/mol. The van der Waals surface area contributed by atoms with Crippen LogP contribution in [0.5, 0.6) is 0 Å². The molecule has 0 bridgehead atoms. The fourth-order valence-corrected chi connectivity index (χ4v) is 1.95. The second kappa shape index (κ2) is 3.97. The smallest absolute Gasteiger partial charge is 0.0521 e. The number of rotatable bonds is 2. The number of hydrogen-bond acceptors (Lipinski definition) is 2. The Morgan fingerprint density at radius 3 is 2.40 bits per heavy atom. The highest BCUT2D eigenvalue weighted by molar-refractivity contribution is 6.04. The quantitative estimate of drug-likeness (QED) is 0.719. The van der Waals surface area contributed by atoms with Crippen LogP contribution in [-0.4, -0.2) is 10.7 Å². The Kier molecular flexibility index (Phi) is 2.67. The zero-order valence-electron chi connectivity index (χ0n) is 9.49. The van der Waals surface area contributed by atoms with Gasteiger partial charge in [-0.1, -0.05) is 13.8 Å². The lowest BCUT2D eigenvalue weighted by molar-refractivity contribution is 0.749. The van der Waals surface area contributed by atoms with Gasteiger partial charge in [-0.3, -0.25) is 9.98 Å². The van der Waals surface area contributed by atoms with E-state index < -0.39 is 0 Å². The minimum absolute atomic E-state index is 0.591. The van der Waals surface area contributed by atoms with Gasteiger partial charge >= 0.3 is 0 Å². The third-order valence-corrected chi connectivity index (χ3v) is 2.84. The van der Waals surface area contributed by atoms with E-state index in [2.05, 4.69) is 30.7 Å². The molecule has 2 rings (SSSR count). The predicted molar refractivity (Wildman–Crippen MR) is 62.9 cm³/mol. The lowest BCUT2D eigenvalue weighted by Gasteiger charge is -2.07. The lowest BCUT2D eigenvalue weighted by Crippen LogP contribution is -2.01. The van der Waals surface area contributed by atoms with Gasteiger partial charge < -0.3 is 0 Å². The summed E-state index contributed by atoms with van der Waals surface area (Å²) in [6, 6.07) is 4.05. The normalized spacial score (nSPS) is 16.1. The summed E-state index contributed by atoms with van der Waals surface area (Å²) in [5, 5.41) is 0. The molecule has 0 aliphatic carbocycles. The Hall–Kier alpha value is -1.44. The summed E-state index contributed by atoms with van der Waals surface area (Å²) in [4.78, 5) is 8.65. The predicted octanol–water partition coefficient (Wildman–Crippen LogP) is 3.20. The summed E-state index contributed by atoms with van der Waals surface area (Å²) in [6.07, 6.45) is 4.63. The van der Waals surface area contributed by atoms with E-state index in [-0.39, 0.29) is 0 Å². The summed E-state index contributed by atoms with van der Waals surface area (Å²) < 4.78 is 0. The van der Waals surface area contributed by atoms with E-state index in [1.807, 2.05) is 24.5 Å². The van der Waals surface area contributed by atoms with Crippen molar-refractivity contribution < 1.29 is 0 Å². The van der Waals surface area contributed by atoms with E-state index in [0.717, 1.165) is 6.42 Å². The minimum Gasteiger partial charge on any atom is -0.265 e. The maximum absolute atomic E-state index is 4.63. The van der Waals surface area contributed by atoms with Crippen molar-refractivity contribution in [3.63, 3.8) is 0 Å². The SMILES string of the molecule is CC1=C(C(C)C)CC(c2ccncc2)=N1. The first kappa shape index (κ1) is 10.1.